The SMILES string of the molecule is CCN(CC)S(=O)(=O)c1ccc2c(c1)nc(CCC(=O)Nc1cc(C)ccc1F)n2C. The molecule has 0 aliphatic rings. The first-order valence-corrected chi connectivity index (χ1v) is 11.6. The van der Waals surface area contributed by atoms with Gasteiger partial charge in [0.1, 0.15) is 11.6 Å². The van der Waals surface area contributed by atoms with Crippen LogP contribution in [0.25, 0.3) is 11.0 Å². The van der Waals surface area contributed by atoms with Crippen molar-refractivity contribution in [2.45, 2.75) is 38.5 Å². The Morgan fingerprint density at radius 1 is 1.16 bits per heavy atom. The number of benzene rings is 2. The maximum absolute atomic E-state index is 13.9. The highest BCUT2D eigenvalue weighted by molar-refractivity contribution is 7.89. The van der Waals surface area contributed by atoms with E-state index in [1.54, 1.807) is 44.2 Å². The molecular formula is C22H27FN4O3S. The Bertz CT molecular complexity index is 1220. The number of hydrogen-bond donors (Lipinski definition) is 1. The van der Waals surface area contributed by atoms with Gasteiger partial charge in [0.15, 0.2) is 0 Å². The van der Waals surface area contributed by atoms with Crippen molar-refractivity contribution in [1.29, 1.82) is 0 Å². The van der Waals surface area contributed by atoms with Gasteiger partial charge < -0.3 is 9.88 Å². The van der Waals surface area contributed by atoms with Gasteiger partial charge in [0, 0.05) is 33.0 Å². The van der Waals surface area contributed by atoms with E-state index < -0.39 is 15.8 Å². The molecule has 1 heterocycles. The highest BCUT2D eigenvalue weighted by atomic mass is 32.2. The van der Waals surface area contributed by atoms with Crippen LogP contribution in [0.15, 0.2) is 41.3 Å². The molecule has 3 aromatic rings. The van der Waals surface area contributed by atoms with E-state index >= 15 is 0 Å². The Morgan fingerprint density at radius 2 is 1.87 bits per heavy atom. The Hall–Kier alpha value is -2.78. The summed E-state index contributed by atoms with van der Waals surface area (Å²) in [5.74, 6) is -0.155. The predicted molar refractivity (Wildman–Crippen MR) is 119 cm³/mol. The summed E-state index contributed by atoms with van der Waals surface area (Å²) in [5.41, 5.74) is 2.33. The Morgan fingerprint density at radius 3 is 2.55 bits per heavy atom. The molecule has 1 amide bonds. The molecule has 0 radical (unpaired) electrons. The second kappa shape index (κ2) is 9.15. The minimum absolute atomic E-state index is 0.120. The summed E-state index contributed by atoms with van der Waals surface area (Å²) in [5, 5.41) is 2.59. The predicted octanol–water partition coefficient (Wildman–Crippen LogP) is 3.62. The molecule has 0 unspecified atom stereocenters. The van der Waals surface area contributed by atoms with Gasteiger partial charge in [0.25, 0.3) is 0 Å². The monoisotopic (exact) mass is 446 g/mol. The lowest BCUT2D eigenvalue weighted by molar-refractivity contribution is -0.116. The fraction of sp³-hybridized carbons (Fsp3) is 0.364. The first-order valence-electron chi connectivity index (χ1n) is 10.2. The number of sulfonamides is 1. The van der Waals surface area contributed by atoms with E-state index in [2.05, 4.69) is 10.3 Å². The van der Waals surface area contributed by atoms with Crippen LogP contribution in [0.5, 0.6) is 0 Å². The fourth-order valence-corrected chi connectivity index (χ4v) is 4.98. The number of anilines is 1. The van der Waals surface area contributed by atoms with Crippen LogP contribution in [0, 0.1) is 12.7 Å². The number of hydrogen-bond acceptors (Lipinski definition) is 4. The summed E-state index contributed by atoms with van der Waals surface area (Å²) >= 11 is 0. The van der Waals surface area contributed by atoms with Gasteiger partial charge in [0.2, 0.25) is 15.9 Å². The molecule has 0 bridgehead atoms. The average Bonchev–Trinajstić information content (AvgIpc) is 3.05. The summed E-state index contributed by atoms with van der Waals surface area (Å²) in [6, 6.07) is 9.41. The van der Waals surface area contributed by atoms with Gasteiger partial charge in [-0.25, -0.2) is 17.8 Å². The van der Waals surface area contributed by atoms with Crippen LogP contribution in [-0.2, 0) is 28.3 Å². The van der Waals surface area contributed by atoms with Crippen molar-refractivity contribution in [3.8, 4) is 0 Å². The van der Waals surface area contributed by atoms with Crippen molar-refractivity contribution >= 4 is 32.7 Å². The number of fused-ring (bicyclic) bond motifs is 1. The van der Waals surface area contributed by atoms with E-state index in [9.17, 15) is 17.6 Å². The molecule has 0 aliphatic carbocycles. The summed E-state index contributed by atoms with van der Waals surface area (Å²) in [6.45, 7) is 6.20. The minimum Gasteiger partial charge on any atom is -0.331 e. The molecular weight excluding hydrogens is 419 g/mol. The van der Waals surface area contributed by atoms with Crippen LogP contribution >= 0.6 is 0 Å². The van der Waals surface area contributed by atoms with Crippen molar-refractivity contribution in [1.82, 2.24) is 13.9 Å². The second-order valence-electron chi connectivity index (χ2n) is 7.36. The Kier molecular flexibility index (Phi) is 6.76. The smallest absolute Gasteiger partial charge is 0.243 e. The zero-order valence-corrected chi connectivity index (χ0v) is 19.0. The largest absolute Gasteiger partial charge is 0.331 e. The van der Waals surface area contributed by atoms with Crippen LogP contribution in [0.1, 0.15) is 31.7 Å². The molecule has 0 spiro atoms. The highest BCUT2D eigenvalue weighted by Crippen LogP contribution is 2.23. The van der Waals surface area contributed by atoms with Gasteiger partial charge in [-0.15, -0.1) is 0 Å². The molecule has 7 nitrogen and oxygen atoms in total. The van der Waals surface area contributed by atoms with E-state index in [1.807, 2.05) is 18.5 Å². The van der Waals surface area contributed by atoms with E-state index in [-0.39, 0.29) is 22.9 Å². The van der Waals surface area contributed by atoms with Gasteiger partial charge >= 0.3 is 0 Å². The minimum atomic E-state index is -3.58. The number of halogens is 1. The number of aromatic nitrogens is 2. The lowest BCUT2D eigenvalue weighted by Gasteiger charge is -2.18. The van der Waals surface area contributed by atoms with Crippen LogP contribution in [0.2, 0.25) is 0 Å². The third-order valence-corrected chi connectivity index (χ3v) is 7.31. The normalized spacial score (nSPS) is 11.9. The molecule has 0 saturated carbocycles. The van der Waals surface area contributed by atoms with Gasteiger partial charge in [-0.2, -0.15) is 4.31 Å². The zero-order chi connectivity index (χ0) is 22.8. The van der Waals surface area contributed by atoms with Crippen molar-refractivity contribution in [3.63, 3.8) is 0 Å². The van der Waals surface area contributed by atoms with Crippen molar-refractivity contribution in [2.24, 2.45) is 7.05 Å². The van der Waals surface area contributed by atoms with E-state index in [0.29, 0.717) is 30.9 Å². The Balaban J connectivity index is 1.78. The molecule has 0 atom stereocenters. The van der Waals surface area contributed by atoms with Gasteiger partial charge in [-0.3, -0.25) is 4.79 Å². The number of imidazole rings is 1. The molecule has 166 valence electrons. The van der Waals surface area contributed by atoms with E-state index in [1.165, 1.54) is 10.4 Å². The molecule has 0 aliphatic heterocycles. The Labute approximate surface area is 181 Å². The molecule has 1 N–H and O–H groups in total. The number of rotatable bonds is 8. The number of nitrogens with one attached hydrogen (secondary N) is 1. The standard InChI is InChI=1S/C22H27FN4O3S/c1-5-27(6-2)31(29,30)16-8-10-20-19(14-16)24-21(26(20)4)11-12-22(28)25-18-13-15(3)7-9-17(18)23/h7-10,13-14H,5-6,11-12H2,1-4H3,(H,25,28). The molecule has 31 heavy (non-hydrogen) atoms. The highest BCUT2D eigenvalue weighted by Gasteiger charge is 2.22. The van der Waals surface area contributed by atoms with Crippen LogP contribution < -0.4 is 5.32 Å². The quantitative estimate of drug-likeness (QED) is 0.573. The maximum atomic E-state index is 13.9. The molecule has 0 saturated heterocycles. The molecule has 9 heteroatoms. The summed E-state index contributed by atoms with van der Waals surface area (Å²) in [7, 11) is -1.76. The third kappa shape index (κ3) is 4.77. The van der Waals surface area contributed by atoms with Crippen molar-refractivity contribution in [3.05, 3.63) is 53.6 Å². The molecule has 1 aromatic heterocycles. The lowest BCUT2D eigenvalue weighted by Crippen LogP contribution is -2.30. The number of carbonyl (C=O) groups excluding carboxylic acids is 1. The number of aryl methyl sites for hydroxylation is 3. The lowest BCUT2D eigenvalue weighted by atomic mass is 10.2. The van der Waals surface area contributed by atoms with Gasteiger partial charge in [0.05, 0.1) is 21.6 Å². The van der Waals surface area contributed by atoms with Crippen molar-refractivity contribution < 1.29 is 17.6 Å². The van der Waals surface area contributed by atoms with Crippen molar-refractivity contribution in [2.75, 3.05) is 18.4 Å². The number of nitrogens with zero attached hydrogens (tertiary/aromatic N) is 3. The number of carbonyl (C=O) groups is 1. The maximum Gasteiger partial charge on any atom is 0.243 e. The first-order chi connectivity index (χ1) is 14.7. The molecule has 2 aromatic carbocycles. The fourth-order valence-electron chi connectivity index (χ4n) is 3.50. The topological polar surface area (TPSA) is 84.3 Å². The molecule has 3 rings (SSSR count). The summed E-state index contributed by atoms with van der Waals surface area (Å²) in [6.07, 6.45) is 0.456. The average molecular weight is 447 g/mol. The van der Waals surface area contributed by atoms with Gasteiger partial charge in [-0.05, 0) is 42.8 Å². The second-order valence-corrected chi connectivity index (χ2v) is 9.30. The van der Waals surface area contributed by atoms with Crippen LogP contribution in [0.3, 0.4) is 0 Å². The van der Waals surface area contributed by atoms with E-state index in [4.69, 9.17) is 0 Å². The zero-order valence-electron chi connectivity index (χ0n) is 18.1. The van der Waals surface area contributed by atoms with Crippen LogP contribution in [0.4, 0.5) is 10.1 Å². The number of amides is 1. The first kappa shape index (κ1) is 22.9. The van der Waals surface area contributed by atoms with Crippen LogP contribution in [-0.4, -0.2) is 41.3 Å². The third-order valence-electron chi connectivity index (χ3n) is 5.26. The van der Waals surface area contributed by atoms with E-state index in [0.717, 1.165) is 11.1 Å². The molecule has 0 fully saturated rings. The summed E-state index contributed by atoms with van der Waals surface area (Å²) in [4.78, 5) is 17.0. The van der Waals surface area contributed by atoms with Gasteiger partial charge in [-0.1, -0.05) is 19.9 Å². The summed E-state index contributed by atoms with van der Waals surface area (Å²) < 4.78 is 42.6.